The van der Waals surface area contributed by atoms with Gasteiger partial charge in [0.25, 0.3) is 0 Å². The number of aromatic nitrogens is 1. The predicted molar refractivity (Wildman–Crippen MR) is 110 cm³/mol. The molecular formula is C25H19NO. The van der Waals surface area contributed by atoms with E-state index in [2.05, 4.69) is 63.2 Å². The second-order valence-electron chi connectivity index (χ2n) is 7.54. The minimum absolute atomic E-state index is 0.0977. The number of rotatable bonds is 1. The number of hydrogen-bond acceptors (Lipinski definition) is 2. The van der Waals surface area contributed by atoms with Crippen LogP contribution in [0, 0.1) is 20.8 Å². The molecule has 2 nitrogen and oxygen atoms in total. The van der Waals surface area contributed by atoms with Gasteiger partial charge in [0.15, 0.2) is 5.78 Å². The van der Waals surface area contributed by atoms with Gasteiger partial charge in [-0.05, 0) is 62.2 Å². The van der Waals surface area contributed by atoms with E-state index in [1.807, 2.05) is 18.2 Å². The molecule has 0 aliphatic heterocycles. The van der Waals surface area contributed by atoms with Crippen molar-refractivity contribution in [2.24, 2.45) is 0 Å². The Bertz CT molecular complexity index is 1250. The van der Waals surface area contributed by atoms with E-state index in [0.717, 1.165) is 50.0 Å². The average Bonchev–Trinajstić information content (AvgIpc) is 2.90. The van der Waals surface area contributed by atoms with Gasteiger partial charge in [0.2, 0.25) is 0 Å². The molecule has 27 heavy (non-hydrogen) atoms. The second kappa shape index (κ2) is 5.62. The summed E-state index contributed by atoms with van der Waals surface area (Å²) in [5.41, 5.74) is 10.1. The SMILES string of the molecule is Cc1cc(C)cc(-c2ccc3cc4c(cc3n2)C(=O)c2ccc(C)cc2-4)c1. The highest BCUT2D eigenvalue weighted by Crippen LogP contribution is 2.39. The highest BCUT2D eigenvalue weighted by atomic mass is 16.1. The maximum atomic E-state index is 12.9. The Morgan fingerprint density at radius 3 is 2.15 bits per heavy atom. The molecule has 0 unspecified atom stereocenters. The lowest BCUT2D eigenvalue weighted by Crippen LogP contribution is -1.96. The van der Waals surface area contributed by atoms with Crippen LogP contribution in [0.3, 0.4) is 0 Å². The van der Waals surface area contributed by atoms with Gasteiger partial charge in [0.05, 0.1) is 11.2 Å². The van der Waals surface area contributed by atoms with Crippen molar-refractivity contribution in [1.82, 2.24) is 4.98 Å². The van der Waals surface area contributed by atoms with Crippen molar-refractivity contribution in [3.63, 3.8) is 0 Å². The summed E-state index contributed by atoms with van der Waals surface area (Å²) in [5.74, 6) is 0.0977. The first-order valence-corrected chi connectivity index (χ1v) is 9.19. The molecule has 3 aromatic carbocycles. The van der Waals surface area contributed by atoms with Crippen LogP contribution in [0.2, 0.25) is 0 Å². The molecule has 0 radical (unpaired) electrons. The number of carbonyl (C=O) groups excluding carboxylic acids is 1. The number of aryl methyl sites for hydroxylation is 3. The van der Waals surface area contributed by atoms with Crippen LogP contribution in [0.15, 0.2) is 60.7 Å². The fourth-order valence-corrected chi connectivity index (χ4v) is 4.09. The van der Waals surface area contributed by atoms with Crippen molar-refractivity contribution < 1.29 is 4.79 Å². The first-order chi connectivity index (χ1) is 13.0. The Labute approximate surface area is 158 Å². The third-order valence-corrected chi connectivity index (χ3v) is 5.30. The maximum Gasteiger partial charge on any atom is 0.194 e. The molecular weight excluding hydrogens is 330 g/mol. The number of ketones is 1. The molecule has 130 valence electrons. The van der Waals surface area contributed by atoms with Crippen LogP contribution >= 0.6 is 0 Å². The molecule has 0 saturated carbocycles. The molecule has 0 saturated heterocycles. The van der Waals surface area contributed by atoms with Gasteiger partial charge >= 0.3 is 0 Å². The van der Waals surface area contributed by atoms with Crippen LogP contribution in [0.4, 0.5) is 0 Å². The molecule has 0 bridgehead atoms. The molecule has 0 amide bonds. The summed E-state index contributed by atoms with van der Waals surface area (Å²) >= 11 is 0. The molecule has 0 N–H and O–H groups in total. The van der Waals surface area contributed by atoms with E-state index in [4.69, 9.17) is 4.98 Å². The van der Waals surface area contributed by atoms with Gasteiger partial charge in [-0.15, -0.1) is 0 Å². The Morgan fingerprint density at radius 2 is 1.37 bits per heavy atom. The number of hydrogen-bond donors (Lipinski definition) is 0. The van der Waals surface area contributed by atoms with E-state index in [1.54, 1.807) is 0 Å². The van der Waals surface area contributed by atoms with Crippen molar-refractivity contribution in [1.29, 1.82) is 0 Å². The Morgan fingerprint density at radius 1 is 0.630 bits per heavy atom. The number of pyridine rings is 1. The summed E-state index contributed by atoms with van der Waals surface area (Å²) in [5, 5.41) is 1.06. The van der Waals surface area contributed by atoms with Gasteiger partial charge in [0.1, 0.15) is 0 Å². The van der Waals surface area contributed by atoms with Gasteiger partial charge in [-0.1, -0.05) is 47.0 Å². The average molecular weight is 349 g/mol. The first kappa shape index (κ1) is 16.0. The summed E-state index contributed by atoms with van der Waals surface area (Å²) in [4.78, 5) is 17.7. The van der Waals surface area contributed by atoms with E-state index in [-0.39, 0.29) is 5.78 Å². The Kier molecular flexibility index (Phi) is 3.32. The van der Waals surface area contributed by atoms with Crippen LogP contribution < -0.4 is 0 Å². The fraction of sp³-hybridized carbons (Fsp3) is 0.120. The Balaban J connectivity index is 1.71. The van der Waals surface area contributed by atoms with E-state index >= 15 is 0 Å². The zero-order valence-electron chi connectivity index (χ0n) is 15.6. The third-order valence-electron chi connectivity index (χ3n) is 5.30. The zero-order chi connectivity index (χ0) is 18.7. The molecule has 0 atom stereocenters. The monoisotopic (exact) mass is 349 g/mol. The smallest absolute Gasteiger partial charge is 0.194 e. The molecule has 1 aliphatic carbocycles. The van der Waals surface area contributed by atoms with Gasteiger partial charge < -0.3 is 0 Å². The quantitative estimate of drug-likeness (QED) is 0.369. The fourth-order valence-electron chi connectivity index (χ4n) is 4.09. The Hall–Kier alpha value is -3.26. The minimum atomic E-state index is 0.0977. The number of carbonyl (C=O) groups is 1. The van der Waals surface area contributed by atoms with Gasteiger partial charge in [-0.3, -0.25) is 4.79 Å². The summed E-state index contributed by atoms with van der Waals surface area (Å²) in [6.45, 7) is 6.26. The summed E-state index contributed by atoms with van der Waals surface area (Å²) in [6.07, 6.45) is 0. The summed E-state index contributed by atoms with van der Waals surface area (Å²) < 4.78 is 0. The molecule has 0 spiro atoms. The van der Waals surface area contributed by atoms with Crippen molar-refractivity contribution in [3.05, 3.63) is 88.5 Å². The van der Waals surface area contributed by atoms with Crippen molar-refractivity contribution in [3.8, 4) is 22.4 Å². The summed E-state index contributed by atoms with van der Waals surface area (Å²) in [6, 6.07) is 20.7. The van der Waals surface area contributed by atoms with Gasteiger partial charge in [-0.25, -0.2) is 4.98 Å². The van der Waals surface area contributed by atoms with Gasteiger partial charge in [-0.2, -0.15) is 0 Å². The third kappa shape index (κ3) is 2.48. The highest BCUT2D eigenvalue weighted by molar-refractivity contribution is 6.23. The molecule has 5 rings (SSSR count). The molecule has 0 fully saturated rings. The van der Waals surface area contributed by atoms with Crippen molar-refractivity contribution in [2.45, 2.75) is 20.8 Å². The molecule has 1 aliphatic rings. The van der Waals surface area contributed by atoms with E-state index in [0.29, 0.717) is 0 Å². The molecule has 4 aromatic rings. The number of benzene rings is 3. The molecule has 2 heteroatoms. The van der Waals surface area contributed by atoms with Crippen LogP contribution in [0.1, 0.15) is 32.6 Å². The highest BCUT2D eigenvalue weighted by Gasteiger charge is 2.27. The van der Waals surface area contributed by atoms with E-state index in [9.17, 15) is 4.79 Å². The largest absolute Gasteiger partial charge is 0.289 e. The number of fused-ring (bicyclic) bond motifs is 4. The normalized spacial score (nSPS) is 12.3. The predicted octanol–water partition coefficient (Wildman–Crippen LogP) is 6.04. The lowest BCUT2D eigenvalue weighted by atomic mass is 10.0. The van der Waals surface area contributed by atoms with Gasteiger partial charge in [0, 0.05) is 22.1 Å². The topological polar surface area (TPSA) is 30.0 Å². The van der Waals surface area contributed by atoms with Crippen molar-refractivity contribution in [2.75, 3.05) is 0 Å². The molecule has 1 aromatic heterocycles. The first-order valence-electron chi connectivity index (χ1n) is 9.19. The van der Waals surface area contributed by atoms with Crippen LogP contribution in [-0.2, 0) is 0 Å². The number of nitrogens with zero attached hydrogens (tertiary/aromatic N) is 1. The van der Waals surface area contributed by atoms with E-state index < -0.39 is 0 Å². The maximum absolute atomic E-state index is 12.9. The second-order valence-corrected chi connectivity index (χ2v) is 7.54. The minimum Gasteiger partial charge on any atom is -0.289 e. The van der Waals surface area contributed by atoms with E-state index in [1.165, 1.54) is 11.1 Å². The summed E-state index contributed by atoms with van der Waals surface area (Å²) in [7, 11) is 0. The van der Waals surface area contributed by atoms with Crippen molar-refractivity contribution >= 4 is 16.7 Å². The van der Waals surface area contributed by atoms with Crippen LogP contribution in [0.5, 0.6) is 0 Å². The van der Waals surface area contributed by atoms with Crippen LogP contribution in [-0.4, -0.2) is 10.8 Å². The van der Waals surface area contributed by atoms with Crippen LogP contribution in [0.25, 0.3) is 33.3 Å². The lowest BCUT2D eigenvalue weighted by molar-refractivity contribution is 0.104. The zero-order valence-corrected chi connectivity index (χ0v) is 15.6. The lowest BCUT2D eigenvalue weighted by Gasteiger charge is -2.08. The standard InChI is InChI=1S/C25H19NO/c1-14-4-6-19-20(11-14)21-12-17-5-7-23(18-9-15(2)8-16(3)10-18)26-24(17)13-22(21)25(19)27/h4-13H,1-3H3. The molecule has 1 heterocycles.